The van der Waals surface area contributed by atoms with E-state index in [0.29, 0.717) is 12.2 Å². The molecule has 0 radical (unpaired) electrons. The Morgan fingerprint density at radius 2 is 2.00 bits per heavy atom. The van der Waals surface area contributed by atoms with Gasteiger partial charge in [0.05, 0.1) is 12.1 Å². The van der Waals surface area contributed by atoms with Crippen LogP contribution < -0.4 is 5.32 Å². The van der Waals surface area contributed by atoms with E-state index in [1.54, 1.807) is 11.3 Å². The molecule has 7 heteroatoms. The smallest absolute Gasteiger partial charge is 0.261 e. The van der Waals surface area contributed by atoms with Crippen LogP contribution in [0, 0.1) is 5.92 Å². The van der Waals surface area contributed by atoms with Crippen LogP contribution in [0.2, 0.25) is 0 Å². The second-order valence-electron chi connectivity index (χ2n) is 6.22. The third kappa shape index (κ3) is 3.77. The summed E-state index contributed by atoms with van der Waals surface area (Å²) in [6.07, 6.45) is 0.862. The van der Waals surface area contributed by atoms with Gasteiger partial charge in [0.25, 0.3) is 5.89 Å². The van der Waals surface area contributed by atoms with Crippen molar-refractivity contribution in [1.29, 1.82) is 0 Å². The van der Waals surface area contributed by atoms with Gasteiger partial charge < -0.3 is 9.84 Å². The van der Waals surface area contributed by atoms with Crippen molar-refractivity contribution < 1.29 is 8.91 Å². The monoisotopic (exact) mass is 358 g/mol. The van der Waals surface area contributed by atoms with Crippen LogP contribution in [0.4, 0.5) is 4.39 Å². The molecule has 5 nitrogen and oxygen atoms in total. The maximum Gasteiger partial charge on any atom is 0.261 e. The Morgan fingerprint density at radius 3 is 2.80 bits per heavy atom. The molecule has 1 unspecified atom stereocenters. The van der Waals surface area contributed by atoms with Gasteiger partial charge in [-0.2, -0.15) is 4.98 Å². The molecule has 3 aromatic rings. The molecule has 1 aromatic carbocycles. The first-order chi connectivity index (χ1) is 12.3. The summed E-state index contributed by atoms with van der Waals surface area (Å²) in [6, 6.07) is 10.0. The van der Waals surface area contributed by atoms with Gasteiger partial charge in [-0.1, -0.05) is 35.5 Å². The molecule has 25 heavy (non-hydrogen) atoms. The Balaban J connectivity index is 1.44. The first-order valence-electron chi connectivity index (χ1n) is 8.46. The Bertz CT molecular complexity index is 813. The van der Waals surface area contributed by atoms with Gasteiger partial charge in [0, 0.05) is 16.9 Å². The number of hydrogen-bond donors (Lipinski definition) is 1. The van der Waals surface area contributed by atoms with E-state index in [1.807, 2.05) is 35.7 Å². The SMILES string of the molecule is FC(c1nc(Cc2csc(-c3ccccc3)n2)no1)C1CCNCC1. The summed E-state index contributed by atoms with van der Waals surface area (Å²) in [5.41, 5.74) is 1.95. The van der Waals surface area contributed by atoms with Crippen LogP contribution in [0.3, 0.4) is 0 Å². The van der Waals surface area contributed by atoms with E-state index in [0.717, 1.165) is 42.2 Å². The minimum Gasteiger partial charge on any atom is -0.336 e. The first-order valence-corrected chi connectivity index (χ1v) is 9.34. The maximum atomic E-state index is 14.6. The Kier molecular flexibility index (Phi) is 4.85. The normalized spacial score (nSPS) is 16.8. The van der Waals surface area contributed by atoms with Crippen LogP contribution in [0.25, 0.3) is 10.6 Å². The summed E-state index contributed by atoms with van der Waals surface area (Å²) in [5, 5.41) is 10.1. The minimum atomic E-state index is -1.18. The molecule has 0 amide bonds. The second-order valence-corrected chi connectivity index (χ2v) is 7.08. The lowest BCUT2D eigenvalue weighted by molar-refractivity contribution is 0.147. The van der Waals surface area contributed by atoms with Crippen molar-refractivity contribution >= 4 is 11.3 Å². The fraction of sp³-hybridized carbons (Fsp3) is 0.389. The maximum absolute atomic E-state index is 14.6. The number of nitrogens with one attached hydrogen (secondary N) is 1. The molecule has 2 aromatic heterocycles. The molecule has 1 saturated heterocycles. The Hall–Kier alpha value is -2.12. The van der Waals surface area contributed by atoms with E-state index in [4.69, 9.17) is 4.52 Å². The lowest BCUT2D eigenvalue weighted by Crippen LogP contribution is -2.29. The molecule has 0 aliphatic carbocycles. The highest BCUT2D eigenvalue weighted by Gasteiger charge is 2.29. The lowest BCUT2D eigenvalue weighted by Gasteiger charge is -2.23. The van der Waals surface area contributed by atoms with Crippen molar-refractivity contribution in [3.63, 3.8) is 0 Å². The molecule has 1 fully saturated rings. The summed E-state index contributed by atoms with van der Waals surface area (Å²) in [5.74, 6) is 0.537. The van der Waals surface area contributed by atoms with Crippen LogP contribution in [-0.2, 0) is 6.42 Å². The fourth-order valence-electron chi connectivity index (χ4n) is 3.05. The van der Waals surface area contributed by atoms with Crippen LogP contribution in [0.15, 0.2) is 40.2 Å². The van der Waals surface area contributed by atoms with Crippen molar-refractivity contribution in [2.75, 3.05) is 13.1 Å². The third-order valence-electron chi connectivity index (χ3n) is 4.43. The van der Waals surface area contributed by atoms with Crippen molar-refractivity contribution in [3.05, 3.63) is 53.1 Å². The molecule has 1 atom stereocenters. The van der Waals surface area contributed by atoms with E-state index < -0.39 is 6.17 Å². The summed E-state index contributed by atoms with van der Waals surface area (Å²) in [4.78, 5) is 8.87. The van der Waals surface area contributed by atoms with E-state index in [1.165, 1.54) is 0 Å². The topological polar surface area (TPSA) is 63.8 Å². The Morgan fingerprint density at radius 1 is 1.20 bits per heavy atom. The van der Waals surface area contributed by atoms with Gasteiger partial charge in [-0.25, -0.2) is 9.37 Å². The second kappa shape index (κ2) is 7.41. The molecular formula is C18H19FN4OS. The highest BCUT2D eigenvalue weighted by Crippen LogP contribution is 2.31. The number of aromatic nitrogens is 3. The van der Waals surface area contributed by atoms with Crippen LogP contribution in [-0.4, -0.2) is 28.2 Å². The zero-order chi connectivity index (χ0) is 17.1. The molecule has 130 valence electrons. The molecule has 1 aliphatic rings. The molecule has 1 N–H and O–H groups in total. The molecular weight excluding hydrogens is 339 g/mol. The number of benzene rings is 1. The highest BCUT2D eigenvalue weighted by atomic mass is 32.1. The van der Waals surface area contributed by atoms with Crippen molar-refractivity contribution in [1.82, 2.24) is 20.4 Å². The number of nitrogens with zero attached hydrogens (tertiary/aromatic N) is 3. The number of rotatable bonds is 5. The zero-order valence-corrected chi connectivity index (χ0v) is 14.5. The van der Waals surface area contributed by atoms with Gasteiger partial charge in [-0.3, -0.25) is 0 Å². The van der Waals surface area contributed by atoms with Crippen LogP contribution >= 0.6 is 11.3 Å². The van der Waals surface area contributed by atoms with E-state index in [2.05, 4.69) is 20.4 Å². The van der Waals surface area contributed by atoms with Crippen molar-refractivity contribution in [3.8, 4) is 10.6 Å². The highest BCUT2D eigenvalue weighted by molar-refractivity contribution is 7.13. The summed E-state index contributed by atoms with van der Waals surface area (Å²) in [7, 11) is 0. The molecule has 0 saturated carbocycles. The van der Waals surface area contributed by atoms with E-state index in [9.17, 15) is 4.39 Å². The predicted octanol–water partition coefficient (Wildman–Crippen LogP) is 3.79. The van der Waals surface area contributed by atoms with Gasteiger partial charge in [-0.05, 0) is 25.9 Å². The minimum absolute atomic E-state index is 0.0431. The lowest BCUT2D eigenvalue weighted by atomic mass is 9.93. The number of halogens is 1. The average molecular weight is 358 g/mol. The Labute approximate surface area is 149 Å². The number of alkyl halides is 1. The third-order valence-corrected chi connectivity index (χ3v) is 5.37. The van der Waals surface area contributed by atoms with E-state index in [-0.39, 0.29) is 11.8 Å². The first kappa shape index (κ1) is 16.4. The predicted molar refractivity (Wildman–Crippen MR) is 94.1 cm³/mol. The van der Waals surface area contributed by atoms with Gasteiger partial charge in [-0.15, -0.1) is 11.3 Å². The van der Waals surface area contributed by atoms with Crippen LogP contribution in [0.1, 0.15) is 36.4 Å². The zero-order valence-electron chi connectivity index (χ0n) is 13.7. The largest absolute Gasteiger partial charge is 0.336 e. The quantitative estimate of drug-likeness (QED) is 0.752. The molecule has 0 bridgehead atoms. The summed E-state index contributed by atoms with van der Waals surface area (Å²) < 4.78 is 19.7. The van der Waals surface area contributed by atoms with E-state index >= 15 is 0 Å². The summed E-state index contributed by atoms with van der Waals surface area (Å²) >= 11 is 1.58. The number of thiazole rings is 1. The average Bonchev–Trinajstić information content (AvgIpc) is 3.33. The van der Waals surface area contributed by atoms with Gasteiger partial charge in [0.2, 0.25) is 0 Å². The molecule has 4 rings (SSSR count). The van der Waals surface area contributed by atoms with Crippen LogP contribution in [0.5, 0.6) is 0 Å². The van der Waals surface area contributed by atoms with Gasteiger partial charge in [0.15, 0.2) is 12.0 Å². The fourth-order valence-corrected chi connectivity index (χ4v) is 3.88. The molecule has 3 heterocycles. The number of piperidine rings is 1. The molecule has 1 aliphatic heterocycles. The standard InChI is InChI=1S/C18H19FN4OS/c19-16(12-6-8-20-9-7-12)17-22-15(23-24-17)10-14-11-25-18(21-14)13-4-2-1-3-5-13/h1-5,11-12,16,20H,6-10H2. The van der Waals surface area contributed by atoms with Gasteiger partial charge >= 0.3 is 0 Å². The van der Waals surface area contributed by atoms with Gasteiger partial charge in [0.1, 0.15) is 5.01 Å². The summed E-state index contributed by atoms with van der Waals surface area (Å²) in [6.45, 7) is 1.68. The molecule has 0 spiro atoms. The van der Waals surface area contributed by atoms with Crippen molar-refractivity contribution in [2.24, 2.45) is 5.92 Å². The van der Waals surface area contributed by atoms with Crippen molar-refractivity contribution in [2.45, 2.75) is 25.4 Å². The number of hydrogen-bond acceptors (Lipinski definition) is 6.